The zero-order valence-electron chi connectivity index (χ0n) is 8.78. The van der Waals surface area contributed by atoms with Gasteiger partial charge in [-0.15, -0.1) is 5.73 Å². The first-order valence-corrected chi connectivity index (χ1v) is 4.67. The summed E-state index contributed by atoms with van der Waals surface area (Å²) in [5, 5.41) is 0. The number of hydrogen-bond acceptors (Lipinski definition) is 0. The topological polar surface area (TPSA) is 0 Å². The third-order valence-corrected chi connectivity index (χ3v) is 1.78. The van der Waals surface area contributed by atoms with Crippen LogP contribution in [0.2, 0.25) is 0 Å². The van der Waals surface area contributed by atoms with Crippen LogP contribution in [-0.2, 0) is 0 Å². The molecule has 0 aliphatic rings. The zero-order chi connectivity index (χ0) is 9.56. The van der Waals surface area contributed by atoms with E-state index < -0.39 is 0 Å². The maximum atomic E-state index is 3.79. The SMILES string of the molecule is C=CC(=C=C(C)CC)CC(C)C. The second-order valence-electron chi connectivity index (χ2n) is 3.59. The van der Waals surface area contributed by atoms with E-state index in [1.165, 1.54) is 11.1 Å². The number of allylic oxidation sites excluding steroid dienone is 2. The fourth-order valence-corrected chi connectivity index (χ4v) is 0.988. The largest absolute Gasteiger partial charge is 0.119 e. The van der Waals surface area contributed by atoms with Crippen LogP contribution in [0, 0.1) is 5.92 Å². The Kier molecular flexibility index (Phi) is 5.49. The smallest absolute Gasteiger partial charge is 0.00643 e. The molecule has 12 heavy (non-hydrogen) atoms. The van der Waals surface area contributed by atoms with E-state index in [-0.39, 0.29) is 0 Å². The van der Waals surface area contributed by atoms with E-state index >= 15 is 0 Å². The second-order valence-corrected chi connectivity index (χ2v) is 3.59. The standard InChI is InChI=1S/C12H20/c1-6-11(5)9-12(7-2)8-10(3)4/h7,10H,2,6,8H2,1,3-5H3. The predicted molar refractivity (Wildman–Crippen MR) is 56.2 cm³/mol. The molecule has 0 aliphatic heterocycles. The zero-order valence-corrected chi connectivity index (χ0v) is 8.78. The lowest BCUT2D eigenvalue weighted by Crippen LogP contribution is -1.87. The van der Waals surface area contributed by atoms with E-state index in [0.717, 1.165) is 12.8 Å². The third kappa shape index (κ3) is 4.98. The first kappa shape index (κ1) is 11.3. The van der Waals surface area contributed by atoms with Gasteiger partial charge >= 0.3 is 0 Å². The van der Waals surface area contributed by atoms with Crippen molar-refractivity contribution in [1.29, 1.82) is 0 Å². The summed E-state index contributed by atoms with van der Waals surface area (Å²) in [5.74, 6) is 0.690. The molecule has 0 N–H and O–H groups in total. The third-order valence-electron chi connectivity index (χ3n) is 1.78. The summed E-state index contributed by atoms with van der Waals surface area (Å²) in [5.41, 5.74) is 5.91. The Labute approximate surface area is 76.7 Å². The Morgan fingerprint density at radius 3 is 2.42 bits per heavy atom. The molecule has 0 fully saturated rings. The van der Waals surface area contributed by atoms with Crippen molar-refractivity contribution in [3.63, 3.8) is 0 Å². The van der Waals surface area contributed by atoms with Crippen LogP contribution in [0.15, 0.2) is 29.5 Å². The van der Waals surface area contributed by atoms with Crippen LogP contribution < -0.4 is 0 Å². The van der Waals surface area contributed by atoms with Gasteiger partial charge in [0.05, 0.1) is 0 Å². The van der Waals surface area contributed by atoms with Crippen LogP contribution in [0.4, 0.5) is 0 Å². The van der Waals surface area contributed by atoms with E-state index in [4.69, 9.17) is 0 Å². The molecular weight excluding hydrogens is 144 g/mol. The molecule has 68 valence electrons. The van der Waals surface area contributed by atoms with Crippen molar-refractivity contribution in [2.75, 3.05) is 0 Å². The average molecular weight is 164 g/mol. The highest BCUT2D eigenvalue weighted by Gasteiger charge is 1.95. The number of hydrogen-bond donors (Lipinski definition) is 0. The predicted octanol–water partition coefficient (Wildman–Crippen LogP) is 4.10. The van der Waals surface area contributed by atoms with Gasteiger partial charge in [0.15, 0.2) is 0 Å². The van der Waals surface area contributed by atoms with Gasteiger partial charge in [0, 0.05) is 0 Å². The van der Waals surface area contributed by atoms with Crippen LogP contribution >= 0.6 is 0 Å². The van der Waals surface area contributed by atoms with Crippen LogP contribution in [0.1, 0.15) is 40.5 Å². The van der Waals surface area contributed by atoms with E-state index in [1.807, 2.05) is 6.08 Å². The maximum Gasteiger partial charge on any atom is -0.00643 e. The molecule has 0 aliphatic carbocycles. The van der Waals surface area contributed by atoms with Gasteiger partial charge in [-0.1, -0.05) is 33.4 Å². The lowest BCUT2D eigenvalue weighted by molar-refractivity contribution is 0.650. The Morgan fingerprint density at radius 2 is 2.08 bits per heavy atom. The summed E-state index contributed by atoms with van der Waals surface area (Å²) in [7, 11) is 0. The summed E-state index contributed by atoms with van der Waals surface area (Å²) in [6, 6.07) is 0. The molecule has 0 heterocycles. The van der Waals surface area contributed by atoms with Crippen molar-refractivity contribution >= 4 is 0 Å². The molecule has 0 atom stereocenters. The minimum Gasteiger partial charge on any atom is -0.119 e. The molecule has 0 rings (SSSR count). The van der Waals surface area contributed by atoms with Crippen LogP contribution in [0.5, 0.6) is 0 Å². The molecule has 0 radical (unpaired) electrons. The van der Waals surface area contributed by atoms with E-state index in [0.29, 0.717) is 5.92 Å². The lowest BCUT2D eigenvalue weighted by atomic mass is 10.0. The molecule has 0 bridgehead atoms. The fraction of sp³-hybridized carbons (Fsp3) is 0.583. The summed E-state index contributed by atoms with van der Waals surface area (Å²) in [4.78, 5) is 0. The van der Waals surface area contributed by atoms with Gasteiger partial charge in [0.25, 0.3) is 0 Å². The number of rotatable bonds is 4. The van der Waals surface area contributed by atoms with Gasteiger partial charge in [-0.05, 0) is 36.8 Å². The molecule has 0 saturated carbocycles. The Balaban J connectivity index is 4.53. The molecule has 0 aromatic heterocycles. The first-order chi connectivity index (χ1) is 5.60. The summed E-state index contributed by atoms with van der Waals surface area (Å²) >= 11 is 0. The van der Waals surface area contributed by atoms with Gasteiger partial charge in [0.2, 0.25) is 0 Å². The van der Waals surface area contributed by atoms with Crippen molar-refractivity contribution in [1.82, 2.24) is 0 Å². The van der Waals surface area contributed by atoms with Crippen molar-refractivity contribution in [2.45, 2.75) is 40.5 Å². The minimum atomic E-state index is 0.690. The molecule has 0 saturated heterocycles. The normalized spacial score (nSPS) is 9.42. The molecule has 0 nitrogen and oxygen atoms in total. The quantitative estimate of drug-likeness (QED) is 0.433. The van der Waals surface area contributed by atoms with Crippen molar-refractivity contribution in [2.24, 2.45) is 5.92 Å². The van der Waals surface area contributed by atoms with Crippen molar-refractivity contribution in [3.05, 3.63) is 29.5 Å². The minimum absolute atomic E-state index is 0.690. The maximum absolute atomic E-state index is 3.79. The summed E-state index contributed by atoms with van der Waals surface area (Å²) in [6.45, 7) is 12.5. The van der Waals surface area contributed by atoms with Gasteiger partial charge in [-0.3, -0.25) is 0 Å². The molecule has 0 spiro atoms. The Hall–Kier alpha value is -0.740. The van der Waals surface area contributed by atoms with Gasteiger partial charge < -0.3 is 0 Å². The first-order valence-electron chi connectivity index (χ1n) is 4.67. The van der Waals surface area contributed by atoms with Gasteiger partial charge in [-0.2, -0.15) is 0 Å². The van der Waals surface area contributed by atoms with Gasteiger partial charge in [-0.25, -0.2) is 0 Å². The second kappa shape index (κ2) is 5.85. The van der Waals surface area contributed by atoms with E-state index in [1.54, 1.807) is 0 Å². The van der Waals surface area contributed by atoms with Crippen LogP contribution in [-0.4, -0.2) is 0 Å². The highest BCUT2D eigenvalue weighted by molar-refractivity contribution is 5.18. The van der Waals surface area contributed by atoms with Crippen LogP contribution in [0.25, 0.3) is 0 Å². The lowest BCUT2D eigenvalue weighted by Gasteiger charge is -2.02. The fourth-order valence-electron chi connectivity index (χ4n) is 0.988. The monoisotopic (exact) mass is 164 g/mol. The van der Waals surface area contributed by atoms with Crippen LogP contribution in [0.3, 0.4) is 0 Å². The van der Waals surface area contributed by atoms with E-state index in [9.17, 15) is 0 Å². The highest BCUT2D eigenvalue weighted by Crippen LogP contribution is 2.11. The van der Waals surface area contributed by atoms with Crippen molar-refractivity contribution < 1.29 is 0 Å². The molecular formula is C12H20. The Bertz CT molecular complexity index is 200. The molecule has 0 unspecified atom stereocenters. The molecule has 0 aromatic rings. The van der Waals surface area contributed by atoms with Crippen molar-refractivity contribution in [3.8, 4) is 0 Å². The van der Waals surface area contributed by atoms with E-state index in [2.05, 4.69) is 40.0 Å². The Morgan fingerprint density at radius 1 is 1.50 bits per heavy atom. The molecule has 0 heteroatoms. The average Bonchev–Trinajstić information content (AvgIpc) is 2.02. The summed E-state index contributed by atoms with van der Waals surface area (Å²) < 4.78 is 0. The molecule has 0 aromatic carbocycles. The molecule has 0 amide bonds. The highest BCUT2D eigenvalue weighted by atomic mass is 14.0. The summed E-state index contributed by atoms with van der Waals surface area (Å²) in [6.07, 6.45) is 4.08. The van der Waals surface area contributed by atoms with Gasteiger partial charge in [0.1, 0.15) is 0 Å².